The third kappa shape index (κ3) is 4.52. The first-order valence-corrected chi connectivity index (χ1v) is 7.16. The fourth-order valence-electron chi connectivity index (χ4n) is 1.69. The Hall–Kier alpha value is -2.93. The zero-order valence-corrected chi connectivity index (χ0v) is 13.3. The molecule has 0 radical (unpaired) electrons. The van der Waals surface area contributed by atoms with E-state index in [1.54, 1.807) is 18.2 Å². The van der Waals surface area contributed by atoms with Crippen LogP contribution in [0.15, 0.2) is 52.2 Å². The molecule has 4 N–H and O–H groups in total. The van der Waals surface area contributed by atoms with E-state index in [2.05, 4.69) is 20.7 Å². The van der Waals surface area contributed by atoms with E-state index in [-0.39, 0.29) is 5.65 Å². The second-order valence-electron chi connectivity index (χ2n) is 3.86. The number of hydrogen-bond acceptors (Lipinski definition) is 5. The van der Waals surface area contributed by atoms with Crippen LogP contribution in [-0.4, -0.2) is 22.0 Å². The molecular weight excluding hydrogens is 296 g/mol. The fourth-order valence-corrected chi connectivity index (χ4v) is 1.69. The van der Waals surface area contributed by atoms with Crippen molar-refractivity contribution in [2.75, 3.05) is 7.05 Å². The molecule has 1 aromatic carbocycles. The van der Waals surface area contributed by atoms with E-state index in [1.165, 1.54) is 13.2 Å². The van der Waals surface area contributed by atoms with Gasteiger partial charge in [0.15, 0.2) is 11.4 Å². The Balaban J connectivity index is 0.000000615. The molecule has 0 unspecified atom stereocenters. The maximum absolute atomic E-state index is 11.4. The summed E-state index contributed by atoms with van der Waals surface area (Å²) in [6.07, 6.45) is 1.49. The number of ether oxygens (including phenoxy) is 1. The summed E-state index contributed by atoms with van der Waals surface area (Å²) in [5.41, 5.74) is 3.66. The van der Waals surface area contributed by atoms with Crippen LogP contribution >= 0.6 is 0 Å². The third-order valence-electron chi connectivity index (χ3n) is 2.56. The van der Waals surface area contributed by atoms with E-state index < -0.39 is 11.1 Å². The molecule has 122 valence electrons. The summed E-state index contributed by atoms with van der Waals surface area (Å²) in [7, 11) is 1.50. The maximum atomic E-state index is 11.4. The molecule has 3 rings (SSSR count). The van der Waals surface area contributed by atoms with Crippen molar-refractivity contribution in [3.05, 3.63) is 63.3 Å². The van der Waals surface area contributed by atoms with Gasteiger partial charge >= 0.3 is 11.1 Å². The molecule has 0 amide bonds. The van der Waals surface area contributed by atoms with Crippen LogP contribution in [0, 0.1) is 0 Å². The van der Waals surface area contributed by atoms with Crippen LogP contribution in [0.4, 0.5) is 0 Å². The van der Waals surface area contributed by atoms with Gasteiger partial charge in [-0.25, -0.2) is 4.98 Å². The Morgan fingerprint density at radius 2 is 1.57 bits per heavy atom. The summed E-state index contributed by atoms with van der Waals surface area (Å²) in [5.74, 6) is 1.05. The van der Waals surface area contributed by atoms with Crippen LogP contribution < -0.4 is 21.6 Å². The number of nitrogens with zero attached hydrogens (tertiary/aromatic N) is 1. The van der Waals surface area contributed by atoms with Gasteiger partial charge < -0.3 is 20.4 Å². The standard InChI is InChI=1S/C13H9N3O3.C2H6.CH5N/c17-12-13(18)16-11-10(15-12)9(6-7-14-11)19-8-4-2-1-3-5-8;2*1-2/h1-7H,(H,15,17)(H,14,16,18);1-2H3;2H2,1H3. The lowest BCUT2D eigenvalue weighted by atomic mass is 10.3. The molecule has 0 atom stereocenters. The summed E-state index contributed by atoms with van der Waals surface area (Å²) in [6.45, 7) is 4.00. The van der Waals surface area contributed by atoms with Gasteiger partial charge in [0.1, 0.15) is 11.3 Å². The summed E-state index contributed by atoms with van der Waals surface area (Å²) in [5, 5.41) is 0. The van der Waals surface area contributed by atoms with Crippen molar-refractivity contribution in [2.45, 2.75) is 13.8 Å². The molecule has 7 heteroatoms. The zero-order chi connectivity index (χ0) is 17.2. The Morgan fingerprint density at radius 3 is 2.22 bits per heavy atom. The summed E-state index contributed by atoms with van der Waals surface area (Å²) in [4.78, 5) is 31.4. The van der Waals surface area contributed by atoms with Crippen molar-refractivity contribution < 1.29 is 4.74 Å². The molecule has 3 aromatic rings. The number of hydrogen-bond donors (Lipinski definition) is 3. The summed E-state index contributed by atoms with van der Waals surface area (Å²) >= 11 is 0. The van der Waals surface area contributed by atoms with Crippen LogP contribution in [0.1, 0.15) is 13.8 Å². The molecule has 0 saturated heterocycles. The molecule has 0 spiro atoms. The number of nitrogens with two attached hydrogens (primary N) is 1. The van der Waals surface area contributed by atoms with Crippen LogP contribution in [0.5, 0.6) is 11.5 Å². The van der Waals surface area contributed by atoms with E-state index in [1.807, 2.05) is 32.0 Å². The molecule has 2 heterocycles. The summed E-state index contributed by atoms with van der Waals surface area (Å²) < 4.78 is 5.65. The number of benzene rings is 1. The smallest absolute Gasteiger partial charge is 0.315 e. The van der Waals surface area contributed by atoms with Crippen molar-refractivity contribution >= 4 is 11.2 Å². The van der Waals surface area contributed by atoms with Crippen LogP contribution in [0.3, 0.4) is 0 Å². The molecule has 0 aliphatic heterocycles. The van der Waals surface area contributed by atoms with Gasteiger partial charge in [0, 0.05) is 12.3 Å². The Morgan fingerprint density at radius 1 is 0.957 bits per heavy atom. The quantitative estimate of drug-likeness (QED) is 0.626. The number of aromatic amines is 2. The number of para-hydroxylation sites is 1. The predicted molar refractivity (Wildman–Crippen MR) is 91.0 cm³/mol. The normalized spacial score (nSPS) is 9.22. The SMILES string of the molecule is CC.CN.O=c1[nH]c2nccc(Oc3ccccc3)c2[nH]c1=O. The lowest BCUT2D eigenvalue weighted by Gasteiger charge is -2.07. The third-order valence-corrected chi connectivity index (χ3v) is 2.56. The van der Waals surface area contributed by atoms with Crippen molar-refractivity contribution in [2.24, 2.45) is 5.73 Å². The van der Waals surface area contributed by atoms with Gasteiger partial charge in [0.2, 0.25) is 0 Å². The van der Waals surface area contributed by atoms with Gasteiger partial charge in [-0.1, -0.05) is 32.0 Å². The van der Waals surface area contributed by atoms with Crippen molar-refractivity contribution in [3.8, 4) is 11.5 Å². The average Bonchev–Trinajstić information content (AvgIpc) is 2.61. The Bertz CT molecular complexity index is 841. The van der Waals surface area contributed by atoms with Gasteiger partial charge in [-0.3, -0.25) is 9.59 Å². The molecule has 0 aliphatic carbocycles. The van der Waals surface area contributed by atoms with Crippen molar-refractivity contribution in [1.82, 2.24) is 15.0 Å². The summed E-state index contributed by atoms with van der Waals surface area (Å²) in [6, 6.07) is 10.7. The molecular formula is C16H20N4O3. The predicted octanol–water partition coefficient (Wildman–Crippen LogP) is 2.00. The van der Waals surface area contributed by atoms with Gasteiger partial charge in [-0.2, -0.15) is 0 Å². The first kappa shape index (κ1) is 18.1. The second kappa shape index (κ2) is 9.16. The minimum atomic E-state index is -0.739. The maximum Gasteiger partial charge on any atom is 0.315 e. The number of fused-ring (bicyclic) bond motifs is 1. The molecule has 2 aromatic heterocycles. The first-order chi connectivity index (χ1) is 11.2. The van der Waals surface area contributed by atoms with Gasteiger partial charge in [0.25, 0.3) is 0 Å². The largest absolute Gasteiger partial charge is 0.455 e. The van der Waals surface area contributed by atoms with Gasteiger partial charge in [0.05, 0.1) is 0 Å². The molecule has 23 heavy (non-hydrogen) atoms. The van der Waals surface area contributed by atoms with E-state index >= 15 is 0 Å². The Labute approximate surface area is 133 Å². The molecule has 0 aliphatic rings. The molecule has 0 fully saturated rings. The number of aromatic nitrogens is 3. The van der Waals surface area contributed by atoms with Gasteiger partial charge in [-0.05, 0) is 19.2 Å². The Kier molecular flexibility index (Phi) is 7.22. The molecule has 0 saturated carbocycles. The number of nitrogens with one attached hydrogen (secondary N) is 2. The van der Waals surface area contributed by atoms with Crippen LogP contribution in [0.2, 0.25) is 0 Å². The van der Waals surface area contributed by atoms with E-state index in [0.717, 1.165) is 0 Å². The fraction of sp³-hybridized carbons (Fsp3) is 0.188. The highest BCUT2D eigenvalue weighted by Gasteiger charge is 2.07. The highest BCUT2D eigenvalue weighted by molar-refractivity contribution is 5.76. The highest BCUT2D eigenvalue weighted by Crippen LogP contribution is 2.24. The monoisotopic (exact) mass is 316 g/mol. The van der Waals surface area contributed by atoms with E-state index in [4.69, 9.17) is 4.74 Å². The minimum absolute atomic E-state index is 0.276. The second-order valence-corrected chi connectivity index (χ2v) is 3.86. The molecule has 7 nitrogen and oxygen atoms in total. The number of pyridine rings is 1. The first-order valence-electron chi connectivity index (χ1n) is 7.16. The minimum Gasteiger partial charge on any atom is -0.455 e. The lowest BCUT2D eigenvalue weighted by molar-refractivity contribution is 0.486. The topological polar surface area (TPSA) is 114 Å². The lowest BCUT2D eigenvalue weighted by Crippen LogP contribution is -2.29. The van der Waals surface area contributed by atoms with E-state index in [0.29, 0.717) is 17.0 Å². The zero-order valence-electron chi connectivity index (χ0n) is 13.3. The van der Waals surface area contributed by atoms with Crippen LogP contribution in [0.25, 0.3) is 11.2 Å². The van der Waals surface area contributed by atoms with Gasteiger partial charge in [-0.15, -0.1) is 0 Å². The average molecular weight is 316 g/mol. The van der Waals surface area contributed by atoms with E-state index in [9.17, 15) is 9.59 Å². The van der Waals surface area contributed by atoms with Crippen LogP contribution in [-0.2, 0) is 0 Å². The highest BCUT2D eigenvalue weighted by atomic mass is 16.5. The number of H-pyrrole nitrogens is 2. The molecule has 0 bridgehead atoms. The van der Waals surface area contributed by atoms with Crippen molar-refractivity contribution in [3.63, 3.8) is 0 Å². The van der Waals surface area contributed by atoms with Crippen molar-refractivity contribution in [1.29, 1.82) is 0 Å². The number of rotatable bonds is 2.